The molecule has 0 aromatic carbocycles. The summed E-state index contributed by atoms with van der Waals surface area (Å²) in [6.07, 6.45) is 0.366. The zero-order valence-corrected chi connectivity index (χ0v) is 13.8. The lowest BCUT2D eigenvalue weighted by Gasteiger charge is -2.11. The smallest absolute Gasteiger partial charge is 0.250 e. The van der Waals surface area contributed by atoms with Gasteiger partial charge in [0.15, 0.2) is 9.84 Å². The SMILES string of the molecule is Cc1ccc(S(=O)(=O)NCC(=O)NC2CCS(=O)(=O)C2)s1. The van der Waals surface area contributed by atoms with Gasteiger partial charge in [0.1, 0.15) is 4.21 Å². The molecule has 1 saturated heterocycles. The van der Waals surface area contributed by atoms with Crippen molar-refractivity contribution < 1.29 is 21.6 Å². The van der Waals surface area contributed by atoms with Gasteiger partial charge in [-0.1, -0.05) is 0 Å². The van der Waals surface area contributed by atoms with E-state index in [1.54, 1.807) is 13.0 Å². The van der Waals surface area contributed by atoms with Crippen LogP contribution in [0.2, 0.25) is 0 Å². The Labute approximate surface area is 127 Å². The van der Waals surface area contributed by atoms with E-state index in [2.05, 4.69) is 10.0 Å². The van der Waals surface area contributed by atoms with Gasteiger partial charge in [0.25, 0.3) is 10.0 Å². The fourth-order valence-corrected chi connectivity index (χ4v) is 5.96. The number of sulfonamides is 1. The summed E-state index contributed by atoms with van der Waals surface area (Å²) < 4.78 is 48.7. The fourth-order valence-electron chi connectivity index (χ4n) is 1.98. The van der Waals surface area contributed by atoms with Crippen molar-refractivity contribution in [2.75, 3.05) is 18.1 Å². The Morgan fingerprint density at radius 2 is 2.14 bits per heavy atom. The van der Waals surface area contributed by atoms with Gasteiger partial charge in [-0.2, -0.15) is 0 Å². The number of carbonyl (C=O) groups is 1. The molecule has 1 atom stereocenters. The molecule has 1 aromatic heterocycles. The Morgan fingerprint density at radius 3 is 2.67 bits per heavy atom. The minimum atomic E-state index is -3.70. The average molecular weight is 352 g/mol. The number of sulfone groups is 1. The van der Waals surface area contributed by atoms with E-state index in [4.69, 9.17) is 0 Å². The van der Waals surface area contributed by atoms with Gasteiger partial charge in [-0.05, 0) is 25.5 Å². The molecule has 0 bridgehead atoms. The molecule has 118 valence electrons. The second-order valence-electron chi connectivity index (χ2n) is 4.86. The Morgan fingerprint density at radius 1 is 1.43 bits per heavy atom. The molecule has 1 aliphatic heterocycles. The minimum absolute atomic E-state index is 0.0537. The van der Waals surface area contributed by atoms with Crippen LogP contribution in [0.25, 0.3) is 0 Å². The normalized spacial score (nSPS) is 21.3. The van der Waals surface area contributed by atoms with Gasteiger partial charge in [-0.3, -0.25) is 4.79 Å². The van der Waals surface area contributed by atoms with Crippen molar-refractivity contribution in [2.45, 2.75) is 23.6 Å². The lowest BCUT2D eigenvalue weighted by Crippen LogP contribution is -2.42. The molecule has 21 heavy (non-hydrogen) atoms. The first-order valence-corrected chi connectivity index (χ1v) is 10.4. The molecule has 2 rings (SSSR count). The Balaban J connectivity index is 1.87. The number of amides is 1. The zero-order chi connectivity index (χ0) is 15.7. The van der Waals surface area contributed by atoms with Crippen molar-refractivity contribution in [3.05, 3.63) is 17.0 Å². The molecule has 1 aromatic rings. The summed E-state index contributed by atoms with van der Waals surface area (Å²) in [5.41, 5.74) is 0. The summed E-state index contributed by atoms with van der Waals surface area (Å²) in [4.78, 5) is 12.5. The highest BCUT2D eigenvalue weighted by Gasteiger charge is 2.29. The van der Waals surface area contributed by atoms with Crippen molar-refractivity contribution in [3.8, 4) is 0 Å². The van der Waals surface area contributed by atoms with Crippen LogP contribution in [0.5, 0.6) is 0 Å². The number of rotatable bonds is 5. The molecule has 1 unspecified atom stereocenters. The summed E-state index contributed by atoms with van der Waals surface area (Å²) in [6.45, 7) is 1.38. The van der Waals surface area contributed by atoms with E-state index < -0.39 is 38.4 Å². The highest BCUT2D eigenvalue weighted by molar-refractivity contribution is 7.92. The average Bonchev–Trinajstić information content (AvgIpc) is 2.94. The number of aryl methyl sites for hydroxylation is 1. The largest absolute Gasteiger partial charge is 0.351 e. The number of hydrogen-bond donors (Lipinski definition) is 2. The molecule has 2 heterocycles. The Kier molecular flexibility index (Phi) is 4.71. The molecule has 7 nitrogen and oxygen atoms in total. The molecule has 10 heteroatoms. The number of thiophene rings is 1. The van der Waals surface area contributed by atoms with Crippen LogP contribution in [0.3, 0.4) is 0 Å². The van der Waals surface area contributed by atoms with Gasteiger partial charge in [0.05, 0.1) is 18.1 Å². The van der Waals surface area contributed by atoms with Crippen LogP contribution >= 0.6 is 11.3 Å². The standard InChI is InChI=1S/C11H16N2O5S3/c1-8-2-3-11(19-8)21(17,18)12-6-10(14)13-9-4-5-20(15,16)7-9/h2-3,9,12H,4-7H2,1H3,(H,13,14). The quantitative estimate of drug-likeness (QED) is 0.752. The summed E-state index contributed by atoms with van der Waals surface area (Å²) in [5.74, 6) is -0.567. The van der Waals surface area contributed by atoms with Crippen LogP contribution in [0, 0.1) is 6.92 Å². The number of hydrogen-bond acceptors (Lipinski definition) is 6. The highest BCUT2D eigenvalue weighted by atomic mass is 32.2. The van der Waals surface area contributed by atoms with Crippen LogP contribution in [0.15, 0.2) is 16.3 Å². The van der Waals surface area contributed by atoms with E-state index in [0.29, 0.717) is 6.42 Å². The van der Waals surface area contributed by atoms with Crippen LogP contribution in [0.4, 0.5) is 0 Å². The molecule has 1 amide bonds. The van der Waals surface area contributed by atoms with Crippen molar-refractivity contribution in [1.29, 1.82) is 0 Å². The van der Waals surface area contributed by atoms with Gasteiger partial charge >= 0.3 is 0 Å². The lowest BCUT2D eigenvalue weighted by atomic mass is 10.2. The van der Waals surface area contributed by atoms with Crippen LogP contribution < -0.4 is 10.0 Å². The molecule has 0 spiro atoms. The van der Waals surface area contributed by atoms with E-state index in [9.17, 15) is 21.6 Å². The third kappa shape index (κ3) is 4.50. The topological polar surface area (TPSA) is 109 Å². The first-order chi connectivity index (χ1) is 9.68. The van der Waals surface area contributed by atoms with E-state index in [1.165, 1.54) is 6.07 Å². The van der Waals surface area contributed by atoms with Gasteiger partial charge in [-0.15, -0.1) is 11.3 Å². The first-order valence-electron chi connectivity index (χ1n) is 6.24. The third-order valence-electron chi connectivity index (χ3n) is 3.00. The number of nitrogens with one attached hydrogen (secondary N) is 2. The lowest BCUT2D eigenvalue weighted by molar-refractivity contribution is -0.120. The highest BCUT2D eigenvalue weighted by Crippen LogP contribution is 2.20. The molecule has 2 N–H and O–H groups in total. The molecule has 1 aliphatic rings. The second-order valence-corrected chi connectivity index (χ2v) is 10.4. The van der Waals surface area contributed by atoms with E-state index >= 15 is 0 Å². The minimum Gasteiger partial charge on any atom is -0.351 e. The maximum Gasteiger partial charge on any atom is 0.250 e. The summed E-state index contributed by atoms with van der Waals surface area (Å²) >= 11 is 1.12. The predicted octanol–water partition coefficient (Wildman–Crippen LogP) is -0.362. The van der Waals surface area contributed by atoms with Gasteiger partial charge in [0.2, 0.25) is 5.91 Å². The first kappa shape index (κ1) is 16.4. The monoisotopic (exact) mass is 352 g/mol. The maximum absolute atomic E-state index is 11.9. The van der Waals surface area contributed by atoms with Crippen LogP contribution in [-0.4, -0.2) is 46.8 Å². The fraction of sp³-hybridized carbons (Fsp3) is 0.545. The molecular formula is C11H16N2O5S3. The van der Waals surface area contributed by atoms with Crippen molar-refractivity contribution in [2.24, 2.45) is 0 Å². The third-order valence-corrected chi connectivity index (χ3v) is 7.66. The van der Waals surface area contributed by atoms with Crippen molar-refractivity contribution >= 4 is 37.1 Å². The summed E-state index contributed by atoms with van der Waals surface area (Å²) in [6, 6.07) is 2.72. The molecule has 0 radical (unpaired) electrons. The van der Waals surface area contributed by atoms with Crippen molar-refractivity contribution in [3.63, 3.8) is 0 Å². The van der Waals surface area contributed by atoms with E-state index in [0.717, 1.165) is 16.2 Å². The maximum atomic E-state index is 11.9. The van der Waals surface area contributed by atoms with Gasteiger partial charge < -0.3 is 5.32 Å². The van der Waals surface area contributed by atoms with Gasteiger partial charge in [0, 0.05) is 10.9 Å². The van der Waals surface area contributed by atoms with E-state index in [1.807, 2.05) is 0 Å². The van der Waals surface area contributed by atoms with E-state index in [-0.39, 0.29) is 15.7 Å². The zero-order valence-electron chi connectivity index (χ0n) is 11.3. The molecule has 0 aliphatic carbocycles. The Hall–Kier alpha value is -0.970. The van der Waals surface area contributed by atoms with Crippen LogP contribution in [0.1, 0.15) is 11.3 Å². The van der Waals surface area contributed by atoms with Crippen LogP contribution in [-0.2, 0) is 24.7 Å². The second kappa shape index (κ2) is 6.03. The van der Waals surface area contributed by atoms with Crippen molar-refractivity contribution in [1.82, 2.24) is 10.0 Å². The molecule has 1 fully saturated rings. The van der Waals surface area contributed by atoms with Gasteiger partial charge in [-0.25, -0.2) is 21.6 Å². The molecule has 0 saturated carbocycles. The number of carbonyl (C=O) groups excluding carboxylic acids is 1. The predicted molar refractivity (Wildman–Crippen MR) is 79.4 cm³/mol. The summed E-state index contributed by atoms with van der Waals surface area (Å²) in [7, 11) is -6.78. The summed E-state index contributed by atoms with van der Waals surface area (Å²) in [5, 5.41) is 2.52. The molecular weight excluding hydrogens is 336 g/mol. The Bertz CT molecular complexity index is 736.